The lowest BCUT2D eigenvalue weighted by atomic mass is 10.0. The minimum atomic E-state index is -0.101. The molecule has 5 heteroatoms. The largest absolute Gasteiger partial charge is 0.350 e. The molecular weight excluding hydrogens is 252 g/mol. The van der Waals surface area contributed by atoms with Crippen LogP contribution in [0.4, 0.5) is 0 Å². The van der Waals surface area contributed by atoms with Gasteiger partial charge in [-0.15, -0.1) is 0 Å². The van der Waals surface area contributed by atoms with Gasteiger partial charge in [-0.2, -0.15) is 0 Å². The van der Waals surface area contributed by atoms with E-state index in [9.17, 15) is 4.79 Å². The lowest BCUT2D eigenvalue weighted by molar-refractivity contribution is -0.123. The molecule has 1 saturated heterocycles. The summed E-state index contributed by atoms with van der Waals surface area (Å²) in [5.74, 6) is 0.146. The van der Waals surface area contributed by atoms with Crippen LogP contribution >= 0.6 is 0 Å². The third kappa shape index (κ3) is 6.68. The van der Waals surface area contributed by atoms with Gasteiger partial charge in [0.1, 0.15) is 0 Å². The smallest absolute Gasteiger partial charge is 0.234 e. The number of hydrogen-bond acceptors (Lipinski definition) is 4. The highest BCUT2D eigenvalue weighted by Crippen LogP contribution is 2.08. The number of amides is 1. The highest BCUT2D eigenvalue weighted by atomic mass is 16.2. The minimum absolute atomic E-state index is 0.101. The molecule has 0 radical (unpaired) electrons. The molecule has 1 heterocycles. The van der Waals surface area contributed by atoms with E-state index in [-0.39, 0.29) is 11.4 Å². The van der Waals surface area contributed by atoms with Gasteiger partial charge in [0.15, 0.2) is 0 Å². The van der Waals surface area contributed by atoms with Gasteiger partial charge < -0.3 is 16.0 Å². The Morgan fingerprint density at radius 1 is 1.20 bits per heavy atom. The van der Waals surface area contributed by atoms with Gasteiger partial charge in [-0.25, -0.2) is 0 Å². The van der Waals surface area contributed by atoms with Gasteiger partial charge in [0.05, 0.1) is 6.54 Å². The zero-order chi connectivity index (χ0) is 15.0. The van der Waals surface area contributed by atoms with Gasteiger partial charge in [-0.05, 0) is 59.3 Å². The van der Waals surface area contributed by atoms with Crippen molar-refractivity contribution in [1.82, 2.24) is 15.1 Å². The predicted molar refractivity (Wildman–Crippen MR) is 83.7 cm³/mol. The van der Waals surface area contributed by atoms with E-state index >= 15 is 0 Å². The van der Waals surface area contributed by atoms with Crippen LogP contribution in [0.15, 0.2) is 0 Å². The van der Waals surface area contributed by atoms with Crippen LogP contribution in [-0.4, -0.2) is 67.1 Å². The Labute approximate surface area is 123 Å². The summed E-state index contributed by atoms with van der Waals surface area (Å²) in [6, 6.07) is 0. The maximum Gasteiger partial charge on any atom is 0.234 e. The standard InChI is InChI=1S/C15H32N4O/c1-4-15(2,3)17-14(20)13-19-10-6-9-18(11-12-19)8-5-7-16/h4-13,16H2,1-3H3,(H,17,20). The van der Waals surface area contributed by atoms with Crippen LogP contribution in [0.3, 0.4) is 0 Å². The molecule has 0 saturated carbocycles. The Morgan fingerprint density at radius 2 is 1.85 bits per heavy atom. The van der Waals surface area contributed by atoms with Crippen molar-refractivity contribution in [3.63, 3.8) is 0 Å². The van der Waals surface area contributed by atoms with Gasteiger partial charge in [0.25, 0.3) is 0 Å². The second-order valence-corrected chi connectivity index (χ2v) is 6.40. The third-order valence-corrected chi connectivity index (χ3v) is 4.09. The molecule has 0 aromatic heterocycles. The van der Waals surface area contributed by atoms with Crippen LogP contribution in [0, 0.1) is 0 Å². The van der Waals surface area contributed by atoms with Crippen LogP contribution in [0.1, 0.15) is 40.0 Å². The molecule has 0 spiro atoms. The summed E-state index contributed by atoms with van der Waals surface area (Å²) >= 11 is 0. The van der Waals surface area contributed by atoms with Gasteiger partial charge in [0.2, 0.25) is 5.91 Å². The zero-order valence-electron chi connectivity index (χ0n) is 13.5. The van der Waals surface area contributed by atoms with Crippen molar-refractivity contribution in [3.8, 4) is 0 Å². The number of hydrogen-bond donors (Lipinski definition) is 2. The van der Waals surface area contributed by atoms with Crippen LogP contribution in [0.25, 0.3) is 0 Å². The maximum atomic E-state index is 12.1. The van der Waals surface area contributed by atoms with E-state index in [1.807, 2.05) is 0 Å². The average Bonchev–Trinajstić information content (AvgIpc) is 2.61. The molecule has 1 amide bonds. The van der Waals surface area contributed by atoms with Gasteiger partial charge in [-0.3, -0.25) is 9.69 Å². The van der Waals surface area contributed by atoms with Crippen LogP contribution in [-0.2, 0) is 4.79 Å². The SMILES string of the molecule is CCC(C)(C)NC(=O)CN1CCCN(CCCN)CC1. The Bertz CT molecular complexity index is 294. The predicted octanol–water partition coefficient (Wildman–Crippen LogP) is 0.648. The van der Waals surface area contributed by atoms with E-state index < -0.39 is 0 Å². The number of carbonyl (C=O) groups is 1. The number of carbonyl (C=O) groups excluding carboxylic acids is 1. The number of nitrogens with one attached hydrogen (secondary N) is 1. The summed E-state index contributed by atoms with van der Waals surface area (Å²) in [4.78, 5) is 16.8. The molecule has 0 atom stereocenters. The highest BCUT2D eigenvalue weighted by molar-refractivity contribution is 5.78. The number of nitrogens with zero attached hydrogens (tertiary/aromatic N) is 2. The molecule has 3 N–H and O–H groups in total. The van der Waals surface area contributed by atoms with E-state index in [4.69, 9.17) is 5.73 Å². The lowest BCUT2D eigenvalue weighted by Gasteiger charge is -2.27. The summed E-state index contributed by atoms with van der Waals surface area (Å²) in [6.45, 7) is 12.8. The molecule has 0 aromatic carbocycles. The van der Waals surface area contributed by atoms with Gasteiger partial charge in [-0.1, -0.05) is 6.92 Å². The van der Waals surface area contributed by atoms with E-state index in [1.165, 1.54) is 0 Å². The van der Waals surface area contributed by atoms with Crippen molar-refractivity contribution in [2.75, 3.05) is 45.8 Å². The second-order valence-electron chi connectivity index (χ2n) is 6.40. The average molecular weight is 284 g/mol. The molecule has 0 bridgehead atoms. The first-order chi connectivity index (χ1) is 9.46. The molecule has 0 unspecified atom stereocenters. The molecular formula is C15H32N4O. The number of nitrogens with two attached hydrogens (primary N) is 1. The Balaban J connectivity index is 2.32. The van der Waals surface area contributed by atoms with Gasteiger partial charge in [0, 0.05) is 18.6 Å². The Hall–Kier alpha value is -0.650. The molecule has 5 nitrogen and oxygen atoms in total. The summed E-state index contributed by atoms with van der Waals surface area (Å²) < 4.78 is 0. The van der Waals surface area contributed by atoms with E-state index in [0.717, 1.165) is 58.5 Å². The van der Waals surface area contributed by atoms with Crippen molar-refractivity contribution in [3.05, 3.63) is 0 Å². The van der Waals surface area contributed by atoms with Crippen molar-refractivity contribution in [2.24, 2.45) is 5.73 Å². The molecule has 118 valence electrons. The quantitative estimate of drug-likeness (QED) is 0.720. The molecule has 1 aliphatic heterocycles. The van der Waals surface area contributed by atoms with E-state index in [1.54, 1.807) is 0 Å². The van der Waals surface area contributed by atoms with E-state index in [2.05, 4.69) is 35.9 Å². The molecule has 20 heavy (non-hydrogen) atoms. The monoisotopic (exact) mass is 284 g/mol. The van der Waals surface area contributed by atoms with Crippen molar-refractivity contribution >= 4 is 5.91 Å². The molecule has 1 fully saturated rings. The Kier molecular flexibility index (Phi) is 7.48. The molecule has 1 aliphatic rings. The van der Waals surface area contributed by atoms with Crippen molar-refractivity contribution in [1.29, 1.82) is 0 Å². The third-order valence-electron chi connectivity index (χ3n) is 4.09. The minimum Gasteiger partial charge on any atom is -0.350 e. The summed E-state index contributed by atoms with van der Waals surface area (Å²) in [6.07, 6.45) is 3.14. The van der Waals surface area contributed by atoms with Crippen LogP contribution in [0.2, 0.25) is 0 Å². The summed E-state index contributed by atoms with van der Waals surface area (Å²) in [7, 11) is 0. The first-order valence-electron chi connectivity index (χ1n) is 7.92. The fourth-order valence-corrected chi connectivity index (χ4v) is 2.43. The highest BCUT2D eigenvalue weighted by Gasteiger charge is 2.21. The lowest BCUT2D eigenvalue weighted by Crippen LogP contribution is -2.47. The zero-order valence-corrected chi connectivity index (χ0v) is 13.5. The molecule has 0 aliphatic carbocycles. The van der Waals surface area contributed by atoms with Crippen LogP contribution < -0.4 is 11.1 Å². The summed E-state index contributed by atoms with van der Waals surface area (Å²) in [5.41, 5.74) is 5.46. The second kappa shape index (κ2) is 8.60. The number of rotatable bonds is 7. The molecule has 1 rings (SSSR count). The topological polar surface area (TPSA) is 61.6 Å². The molecule has 0 aromatic rings. The fraction of sp³-hybridized carbons (Fsp3) is 0.933. The summed E-state index contributed by atoms with van der Waals surface area (Å²) in [5, 5.41) is 3.11. The fourth-order valence-electron chi connectivity index (χ4n) is 2.43. The van der Waals surface area contributed by atoms with E-state index in [0.29, 0.717) is 6.54 Å². The van der Waals surface area contributed by atoms with Crippen molar-refractivity contribution < 1.29 is 4.79 Å². The Morgan fingerprint density at radius 3 is 2.50 bits per heavy atom. The first kappa shape index (κ1) is 17.4. The maximum absolute atomic E-state index is 12.1. The van der Waals surface area contributed by atoms with Crippen LogP contribution in [0.5, 0.6) is 0 Å². The first-order valence-corrected chi connectivity index (χ1v) is 7.92. The van der Waals surface area contributed by atoms with Crippen molar-refractivity contribution in [2.45, 2.75) is 45.6 Å². The normalized spacial score (nSPS) is 18.8. The van der Waals surface area contributed by atoms with Gasteiger partial charge >= 0.3 is 0 Å².